The number of thiophene rings is 1. The third-order valence-electron chi connectivity index (χ3n) is 4.60. The number of carbonyl (C=O) groups excluding carboxylic acids is 2. The number of esters is 1. The van der Waals surface area contributed by atoms with Crippen LogP contribution in [0, 0.1) is 5.82 Å². The van der Waals surface area contributed by atoms with Crippen molar-refractivity contribution in [3.63, 3.8) is 0 Å². The minimum absolute atomic E-state index is 0. The number of benzene rings is 1. The van der Waals surface area contributed by atoms with Crippen LogP contribution in [0.1, 0.15) is 39.7 Å². The van der Waals surface area contributed by atoms with Gasteiger partial charge in [-0.05, 0) is 42.6 Å². The summed E-state index contributed by atoms with van der Waals surface area (Å²) in [5.74, 6) is -1.00. The Balaban J connectivity index is 0.00000280. The second kappa shape index (κ2) is 10.0. The predicted molar refractivity (Wildman–Crippen MR) is 111 cm³/mol. The number of hydrogen-bond donors (Lipinski definition) is 1. The van der Waals surface area contributed by atoms with Crippen molar-refractivity contribution in [2.75, 3.05) is 25.5 Å². The minimum Gasteiger partial charge on any atom is -0.465 e. The quantitative estimate of drug-likeness (QED) is 0.708. The Morgan fingerprint density at radius 2 is 2.00 bits per heavy atom. The summed E-state index contributed by atoms with van der Waals surface area (Å²) < 4.78 is 18.0. The van der Waals surface area contributed by atoms with Crippen molar-refractivity contribution in [3.8, 4) is 0 Å². The third-order valence-corrected chi connectivity index (χ3v) is 5.73. The zero-order valence-electron chi connectivity index (χ0n) is 15.9. The molecule has 28 heavy (non-hydrogen) atoms. The van der Waals surface area contributed by atoms with Crippen LogP contribution in [0.3, 0.4) is 0 Å². The van der Waals surface area contributed by atoms with Crippen LogP contribution in [0.2, 0.25) is 0 Å². The number of methoxy groups -OCH3 is 1. The van der Waals surface area contributed by atoms with Crippen molar-refractivity contribution in [1.29, 1.82) is 0 Å². The maximum Gasteiger partial charge on any atom is 0.341 e. The fourth-order valence-corrected chi connectivity index (χ4v) is 4.62. The van der Waals surface area contributed by atoms with Crippen LogP contribution in [0.25, 0.3) is 0 Å². The zero-order chi connectivity index (χ0) is 19.4. The first-order chi connectivity index (χ1) is 13.0. The van der Waals surface area contributed by atoms with Gasteiger partial charge in [-0.15, -0.1) is 23.7 Å². The van der Waals surface area contributed by atoms with Gasteiger partial charge in [0.25, 0.3) is 0 Å². The maximum absolute atomic E-state index is 13.0. The molecule has 0 atom stereocenters. The van der Waals surface area contributed by atoms with E-state index in [1.807, 2.05) is 0 Å². The molecule has 0 saturated heterocycles. The smallest absolute Gasteiger partial charge is 0.341 e. The van der Waals surface area contributed by atoms with Crippen molar-refractivity contribution >= 4 is 40.6 Å². The molecule has 0 aliphatic carbocycles. The normalized spacial score (nSPS) is 13.4. The van der Waals surface area contributed by atoms with E-state index in [-0.39, 0.29) is 30.6 Å². The molecule has 0 radical (unpaired) electrons. The van der Waals surface area contributed by atoms with Gasteiger partial charge in [-0.25, -0.2) is 9.18 Å². The van der Waals surface area contributed by atoms with Crippen molar-refractivity contribution in [2.24, 2.45) is 0 Å². The van der Waals surface area contributed by atoms with Gasteiger partial charge >= 0.3 is 5.97 Å². The summed E-state index contributed by atoms with van der Waals surface area (Å²) in [4.78, 5) is 28.2. The molecule has 2 aromatic rings. The van der Waals surface area contributed by atoms with Crippen LogP contribution in [0.4, 0.5) is 9.39 Å². The van der Waals surface area contributed by atoms with Gasteiger partial charge in [-0.3, -0.25) is 9.69 Å². The molecule has 0 unspecified atom stereocenters. The molecule has 8 heteroatoms. The number of nitrogens with one attached hydrogen (secondary N) is 1. The van der Waals surface area contributed by atoms with E-state index >= 15 is 0 Å². The van der Waals surface area contributed by atoms with E-state index in [4.69, 9.17) is 4.74 Å². The molecule has 3 rings (SSSR count). The number of ether oxygens (including phenoxy) is 1. The van der Waals surface area contributed by atoms with Crippen LogP contribution in [-0.4, -0.2) is 37.0 Å². The van der Waals surface area contributed by atoms with E-state index in [1.165, 1.54) is 30.6 Å². The summed E-state index contributed by atoms with van der Waals surface area (Å²) >= 11 is 1.44. The number of fused-ring (bicyclic) bond motifs is 1. The maximum atomic E-state index is 13.0. The molecule has 0 bridgehead atoms. The van der Waals surface area contributed by atoms with Crippen molar-refractivity contribution < 1.29 is 18.7 Å². The van der Waals surface area contributed by atoms with Crippen molar-refractivity contribution in [3.05, 3.63) is 51.7 Å². The zero-order valence-corrected chi connectivity index (χ0v) is 17.6. The lowest BCUT2D eigenvalue weighted by molar-refractivity contribution is -0.115. The van der Waals surface area contributed by atoms with Gasteiger partial charge in [0.15, 0.2) is 0 Å². The van der Waals surface area contributed by atoms with Crippen LogP contribution in [0.5, 0.6) is 0 Å². The van der Waals surface area contributed by atoms with E-state index in [0.29, 0.717) is 16.1 Å². The Morgan fingerprint density at radius 1 is 1.29 bits per heavy atom. The van der Waals surface area contributed by atoms with Gasteiger partial charge in [0, 0.05) is 18.0 Å². The lowest BCUT2D eigenvalue weighted by atomic mass is 10.0. The highest BCUT2D eigenvalue weighted by atomic mass is 35.5. The highest BCUT2D eigenvalue weighted by Crippen LogP contribution is 2.37. The number of rotatable bonds is 6. The van der Waals surface area contributed by atoms with Gasteiger partial charge in [0.05, 0.1) is 19.1 Å². The van der Waals surface area contributed by atoms with Gasteiger partial charge in [0.1, 0.15) is 10.8 Å². The molecule has 1 amide bonds. The number of amides is 1. The van der Waals surface area contributed by atoms with Gasteiger partial charge in [0.2, 0.25) is 5.91 Å². The molecule has 1 aliphatic rings. The fourth-order valence-electron chi connectivity index (χ4n) is 3.33. The molecule has 5 nitrogen and oxygen atoms in total. The SMILES string of the molecule is CCCN1CCc2c(sc(NC(=O)Cc3ccc(F)cc3)c2C(=O)OC)C1.Cl. The average molecular weight is 427 g/mol. The summed E-state index contributed by atoms with van der Waals surface area (Å²) in [6.07, 6.45) is 1.96. The summed E-state index contributed by atoms with van der Waals surface area (Å²) in [7, 11) is 1.35. The Morgan fingerprint density at radius 3 is 2.64 bits per heavy atom. The molecule has 1 aliphatic heterocycles. The summed E-state index contributed by atoms with van der Waals surface area (Å²) in [5, 5.41) is 3.40. The average Bonchev–Trinajstić information content (AvgIpc) is 3.00. The number of anilines is 1. The number of carbonyl (C=O) groups is 2. The molecule has 0 spiro atoms. The summed E-state index contributed by atoms with van der Waals surface area (Å²) in [6.45, 7) is 4.83. The number of nitrogens with zero attached hydrogens (tertiary/aromatic N) is 1. The van der Waals surface area contributed by atoms with Gasteiger partial charge in [-0.1, -0.05) is 19.1 Å². The van der Waals surface area contributed by atoms with E-state index in [9.17, 15) is 14.0 Å². The van der Waals surface area contributed by atoms with Crippen molar-refractivity contribution in [2.45, 2.75) is 32.7 Å². The highest BCUT2D eigenvalue weighted by Gasteiger charge is 2.29. The van der Waals surface area contributed by atoms with Crippen LogP contribution >= 0.6 is 23.7 Å². The third kappa shape index (κ3) is 5.10. The lowest BCUT2D eigenvalue weighted by Gasteiger charge is -2.26. The van der Waals surface area contributed by atoms with E-state index in [1.54, 1.807) is 12.1 Å². The Hall–Kier alpha value is -1.96. The predicted octanol–water partition coefficient (Wildman–Crippen LogP) is 4.04. The van der Waals surface area contributed by atoms with Crippen LogP contribution in [0.15, 0.2) is 24.3 Å². The topological polar surface area (TPSA) is 58.6 Å². The number of hydrogen-bond acceptors (Lipinski definition) is 5. The van der Waals surface area contributed by atoms with Crippen molar-refractivity contribution in [1.82, 2.24) is 4.90 Å². The molecule has 1 aromatic carbocycles. The molecule has 0 saturated carbocycles. The standard InChI is InChI=1S/C20H23FN2O3S.ClH/c1-3-9-23-10-8-15-16(12-23)27-19(18(15)20(25)26-2)22-17(24)11-13-4-6-14(21)7-5-13;/h4-7H,3,8-12H2,1-2H3,(H,22,24);1H. The minimum atomic E-state index is -0.423. The van der Waals surface area contributed by atoms with E-state index in [2.05, 4.69) is 17.1 Å². The monoisotopic (exact) mass is 426 g/mol. The molecular weight excluding hydrogens is 403 g/mol. The summed E-state index contributed by atoms with van der Waals surface area (Å²) in [5.41, 5.74) is 2.17. The Kier molecular flexibility index (Phi) is 7.98. The molecule has 152 valence electrons. The Labute approximate surface area is 174 Å². The van der Waals surface area contributed by atoms with Gasteiger partial charge < -0.3 is 10.1 Å². The molecule has 1 aromatic heterocycles. The molecule has 1 N–H and O–H groups in total. The largest absolute Gasteiger partial charge is 0.465 e. The van der Waals surface area contributed by atoms with E-state index < -0.39 is 5.97 Å². The van der Waals surface area contributed by atoms with Crippen LogP contribution < -0.4 is 5.32 Å². The first-order valence-corrected chi connectivity index (χ1v) is 9.83. The molecule has 2 heterocycles. The first kappa shape index (κ1) is 22.3. The number of halogens is 2. The van der Waals surface area contributed by atoms with Gasteiger partial charge in [-0.2, -0.15) is 0 Å². The lowest BCUT2D eigenvalue weighted by Crippen LogP contribution is -2.30. The van der Waals surface area contributed by atoms with E-state index in [0.717, 1.165) is 42.9 Å². The first-order valence-electron chi connectivity index (χ1n) is 9.01. The second-order valence-corrected chi connectivity index (χ2v) is 7.68. The fraction of sp³-hybridized carbons (Fsp3) is 0.400. The second-order valence-electron chi connectivity index (χ2n) is 6.58. The Bertz CT molecular complexity index is 839. The highest BCUT2D eigenvalue weighted by molar-refractivity contribution is 7.17. The molecule has 0 fully saturated rings. The summed E-state index contributed by atoms with van der Waals surface area (Å²) in [6, 6.07) is 5.82. The molecular formula is C20H24ClFN2O3S. The van der Waals surface area contributed by atoms with Crippen LogP contribution in [-0.2, 0) is 28.9 Å².